The van der Waals surface area contributed by atoms with E-state index in [1.165, 1.54) is 16.7 Å². The molecule has 0 aliphatic rings. The number of benzene rings is 2. The van der Waals surface area contributed by atoms with Gasteiger partial charge in [-0.05, 0) is 42.4 Å². The van der Waals surface area contributed by atoms with E-state index in [1.54, 1.807) is 0 Å². The molecule has 2 heteroatoms. The second-order valence-corrected chi connectivity index (χ2v) is 5.54. The van der Waals surface area contributed by atoms with Gasteiger partial charge in [-0.25, -0.2) is 0 Å². The molecule has 21 heavy (non-hydrogen) atoms. The lowest BCUT2D eigenvalue weighted by molar-refractivity contribution is 0.102. The molecule has 0 aliphatic heterocycles. The van der Waals surface area contributed by atoms with Crippen LogP contribution in [0.1, 0.15) is 40.4 Å². The van der Waals surface area contributed by atoms with Crippen LogP contribution in [0.25, 0.3) is 0 Å². The SMILES string of the molecule is CCc1ccc(CCCc2ccc(C(=O)CCl)cc2)cc1. The Kier molecular flexibility index (Phi) is 6.01. The van der Waals surface area contributed by atoms with Crippen molar-refractivity contribution in [1.29, 1.82) is 0 Å². The molecule has 2 aromatic rings. The highest BCUT2D eigenvalue weighted by Crippen LogP contribution is 2.12. The Morgan fingerprint density at radius 1 is 0.857 bits per heavy atom. The average Bonchev–Trinajstić information content (AvgIpc) is 2.55. The number of hydrogen-bond donors (Lipinski definition) is 0. The molecule has 1 nitrogen and oxygen atoms in total. The van der Waals surface area contributed by atoms with Crippen molar-refractivity contribution < 1.29 is 4.79 Å². The van der Waals surface area contributed by atoms with E-state index < -0.39 is 0 Å². The van der Waals surface area contributed by atoms with Crippen molar-refractivity contribution in [2.45, 2.75) is 32.6 Å². The Morgan fingerprint density at radius 3 is 1.81 bits per heavy atom. The monoisotopic (exact) mass is 300 g/mol. The number of alkyl halides is 1. The molecule has 0 amide bonds. The Hall–Kier alpha value is -1.60. The van der Waals surface area contributed by atoms with Crippen molar-refractivity contribution in [2.75, 3.05) is 5.88 Å². The van der Waals surface area contributed by atoms with Gasteiger partial charge in [0, 0.05) is 5.56 Å². The summed E-state index contributed by atoms with van der Waals surface area (Å²) in [6.45, 7) is 2.17. The number of ketones is 1. The van der Waals surface area contributed by atoms with E-state index in [2.05, 4.69) is 31.2 Å². The Labute approximate surface area is 132 Å². The minimum Gasteiger partial charge on any atom is -0.293 e. The lowest BCUT2D eigenvalue weighted by atomic mass is 10.0. The number of carbonyl (C=O) groups excluding carboxylic acids is 1. The minimum atomic E-state index is -0.0146. The van der Waals surface area contributed by atoms with Crippen LogP contribution in [-0.4, -0.2) is 11.7 Å². The second-order valence-electron chi connectivity index (χ2n) is 5.28. The molecule has 0 aliphatic carbocycles. The van der Waals surface area contributed by atoms with Gasteiger partial charge in [-0.15, -0.1) is 11.6 Å². The van der Waals surface area contributed by atoms with E-state index in [0.717, 1.165) is 25.7 Å². The van der Waals surface area contributed by atoms with E-state index in [1.807, 2.05) is 24.3 Å². The maximum Gasteiger partial charge on any atom is 0.177 e. The summed E-state index contributed by atoms with van der Waals surface area (Å²) in [7, 11) is 0. The van der Waals surface area contributed by atoms with Gasteiger partial charge in [0.15, 0.2) is 5.78 Å². The summed E-state index contributed by atoms with van der Waals surface area (Å²) in [6.07, 6.45) is 4.33. The smallest absolute Gasteiger partial charge is 0.177 e. The van der Waals surface area contributed by atoms with Crippen LogP contribution in [-0.2, 0) is 19.3 Å². The van der Waals surface area contributed by atoms with Crippen LogP contribution in [0.15, 0.2) is 48.5 Å². The van der Waals surface area contributed by atoms with Gasteiger partial charge in [0.1, 0.15) is 0 Å². The van der Waals surface area contributed by atoms with Crippen LogP contribution in [0.3, 0.4) is 0 Å². The summed E-state index contributed by atoms with van der Waals surface area (Å²) in [4.78, 5) is 11.4. The Bertz CT molecular complexity index is 570. The van der Waals surface area contributed by atoms with E-state index in [9.17, 15) is 4.79 Å². The van der Waals surface area contributed by atoms with Crippen molar-refractivity contribution in [3.8, 4) is 0 Å². The lowest BCUT2D eigenvalue weighted by Gasteiger charge is -2.05. The number of hydrogen-bond acceptors (Lipinski definition) is 1. The molecule has 0 N–H and O–H groups in total. The molecule has 0 aromatic heterocycles. The van der Waals surface area contributed by atoms with Crippen molar-refractivity contribution >= 4 is 17.4 Å². The molecule has 2 rings (SSSR count). The lowest BCUT2D eigenvalue weighted by Crippen LogP contribution is -2.00. The first kappa shape index (κ1) is 15.8. The number of aryl methyl sites for hydroxylation is 3. The number of halogens is 1. The highest BCUT2D eigenvalue weighted by molar-refractivity contribution is 6.30. The molecule has 0 atom stereocenters. The van der Waals surface area contributed by atoms with Crippen LogP contribution in [0, 0.1) is 0 Å². The van der Waals surface area contributed by atoms with Crippen LogP contribution in [0.2, 0.25) is 0 Å². The summed E-state index contributed by atoms with van der Waals surface area (Å²) in [6, 6.07) is 16.7. The summed E-state index contributed by atoms with van der Waals surface area (Å²) >= 11 is 5.55. The molecular formula is C19H21ClO. The third-order valence-electron chi connectivity index (χ3n) is 3.76. The number of Topliss-reactive ketones (excluding diaryl/α,β-unsaturated/α-hetero) is 1. The molecule has 0 saturated carbocycles. The van der Waals surface area contributed by atoms with E-state index in [0.29, 0.717) is 5.56 Å². The summed E-state index contributed by atoms with van der Waals surface area (Å²) < 4.78 is 0. The predicted molar refractivity (Wildman–Crippen MR) is 89.3 cm³/mol. The van der Waals surface area contributed by atoms with Crippen LogP contribution < -0.4 is 0 Å². The molecule has 2 aromatic carbocycles. The molecule has 0 fully saturated rings. The summed E-state index contributed by atoms with van der Waals surface area (Å²) in [5, 5.41) is 0. The fourth-order valence-electron chi connectivity index (χ4n) is 2.37. The molecule has 0 unspecified atom stereocenters. The standard InChI is InChI=1S/C19H21ClO/c1-2-15-6-8-16(9-7-15)4-3-5-17-10-12-18(13-11-17)19(21)14-20/h6-13H,2-5,14H2,1H3. The van der Waals surface area contributed by atoms with Crippen LogP contribution in [0.5, 0.6) is 0 Å². The van der Waals surface area contributed by atoms with Crippen molar-refractivity contribution in [2.24, 2.45) is 0 Å². The normalized spacial score (nSPS) is 10.6. The van der Waals surface area contributed by atoms with Gasteiger partial charge in [0.25, 0.3) is 0 Å². The zero-order valence-corrected chi connectivity index (χ0v) is 13.2. The molecule has 0 spiro atoms. The Balaban J connectivity index is 1.83. The molecule has 110 valence electrons. The maximum atomic E-state index is 11.4. The zero-order valence-electron chi connectivity index (χ0n) is 12.4. The van der Waals surface area contributed by atoms with Gasteiger partial charge >= 0.3 is 0 Å². The number of carbonyl (C=O) groups is 1. The summed E-state index contributed by atoms with van der Waals surface area (Å²) in [5.74, 6) is 0.0341. The molecule has 0 heterocycles. The van der Waals surface area contributed by atoms with Crippen molar-refractivity contribution in [1.82, 2.24) is 0 Å². The first-order valence-electron chi connectivity index (χ1n) is 7.49. The first-order chi connectivity index (χ1) is 10.2. The predicted octanol–water partition coefficient (Wildman–Crippen LogP) is 4.85. The Morgan fingerprint density at radius 2 is 1.33 bits per heavy atom. The number of rotatable bonds is 7. The minimum absolute atomic E-state index is 0.0146. The van der Waals surface area contributed by atoms with E-state index >= 15 is 0 Å². The van der Waals surface area contributed by atoms with Gasteiger partial charge in [-0.1, -0.05) is 55.5 Å². The van der Waals surface area contributed by atoms with Crippen LogP contribution >= 0.6 is 11.6 Å². The van der Waals surface area contributed by atoms with Crippen LogP contribution in [0.4, 0.5) is 0 Å². The fraction of sp³-hybridized carbons (Fsp3) is 0.316. The second kappa shape index (κ2) is 7.99. The van der Waals surface area contributed by atoms with Gasteiger partial charge in [-0.3, -0.25) is 4.79 Å². The molecule has 0 bridgehead atoms. The quantitative estimate of drug-likeness (QED) is 0.528. The highest BCUT2D eigenvalue weighted by Gasteiger charge is 2.03. The first-order valence-corrected chi connectivity index (χ1v) is 8.02. The third kappa shape index (κ3) is 4.71. The largest absolute Gasteiger partial charge is 0.293 e. The topological polar surface area (TPSA) is 17.1 Å². The van der Waals surface area contributed by atoms with Gasteiger partial charge in [-0.2, -0.15) is 0 Å². The van der Waals surface area contributed by atoms with Crippen molar-refractivity contribution in [3.05, 3.63) is 70.8 Å². The third-order valence-corrected chi connectivity index (χ3v) is 4.00. The molecular weight excluding hydrogens is 280 g/mol. The summed E-state index contributed by atoms with van der Waals surface area (Å²) in [5.41, 5.74) is 4.75. The van der Waals surface area contributed by atoms with E-state index in [4.69, 9.17) is 11.6 Å². The zero-order chi connectivity index (χ0) is 15.1. The van der Waals surface area contributed by atoms with Crippen molar-refractivity contribution in [3.63, 3.8) is 0 Å². The van der Waals surface area contributed by atoms with Gasteiger partial charge in [0.05, 0.1) is 5.88 Å². The average molecular weight is 301 g/mol. The molecule has 0 radical (unpaired) electrons. The van der Waals surface area contributed by atoms with Gasteiger partial charge in [0.2, 0.25) is 0 Å². The maximum absolute atomic E-state index is 11.4. The fourth-order valence-corrected chi connectivity index (χ4v) is 2.53. The molecule has 0 saturated heterocycles. The van der Waals surface area contributed by atoms with E-state index in [-0.39, 0.29) is 11.7 Å². The highest BCUT2D eigenvalue weighted by atomic mass is 35.5. The van der Waals surface area contributed by atoms with Gasteiger partial charge < -0.3 is 0 Å².